The first-order chi connectivity index (χ1) is 11.5. The number of aryl methyl sites for hydroxylation is 1. The van der Waals surface area contributed by atoms with E-state index in [1.807, 2.05) is 33.8 Å². The Morgan fingerprint density at radius 1 is 1.38 bits per heavy atom. The monoisotopic (exact) mass is 332 g/mol. The Labute approximate surface area is 142 Å². The van der Waals surface area contributed by atoms with Crippen LogP contribution in [-0.4, -0.2) is 16.7 Å². The number of halogens is 1. The average Bonchev–Trinajstić information content (AvgIpc) is 2.57. The van der Waals surface area contributed by atoms with Gasteiger partial charge in [0.25, 0.3) is 5.56 Å². The predicted molar refractivity (Wildman–Crippen MR) is 97.4 cm³/mol. The van der Waals surface area contributed by atoms with Gasteiger partial charge in [0.1, 0.15) is 22.8 Å². The summed E-state index contributed by atoms with van der Waals surface area (Å²) in [5.74, 6) is 0.461. The Bertz CT molecular complexity index is 820. The third-order valence-electron chi connectivity index (χ3n) is 3.39. The topological polar surface area (TPSA) is 44.1 Å². The van der Waals surface area contributed by atoms with E-state index >= 15 is 0 Å². The minimum absolute atomic E-state index is 0.0124. The maximum Gasteiger partial charge on any atom is 0.269 e. The highest BCUT2D eigenvalue weighted by molar-refractivity contribution is 5.79. The highest BCUT2D eigenvalue weighted by Crippen LogP contribution is 2.20. The average molecular weight is 332 g/mol. The normalized spacial score (nSPS) is 12.0. The third-order valence-corrected chi connectivity index (χ3v) is 3.39. The SMILES string of the molecule is C/C=C(OC)\C(=C/CC)n1c(C)nc2cccc(F)c2c1=O.CC. The van der Waals surface area contributed by atoms with E-state index in [9.17, 15) is 9.18 Å². The Kier molecular flexibility index (Phi) is 7.36. The molecule has 0 unspecified atom stereocenters. The molecule has 4 nitrogen and oxygen atoms in total. The van der Waals surface area contributed by atoms with Crippen molar-refractivity contribution in [2.45, 2.75) is 41.0 Å². The maximum absolute atomic E-state index is 14.1. The molecule has 0 atom stereocenters. The van der Waals surface area contributed by atoms with Crippen LogP contribution in [0.3, 0.4) is 0 Å². The van der Waals surface area contributed by atoms with E-state index < -0.39 is 11.4 Å². The second-order valence-corrected chi connectivity index (χ2v) is 4.79. The first-order valence-electron chi connectivity index (χ1n) is 8.14. The van der Waals surface area contributed by atoms with Gasteiger partial charge in [0.2, 0.25) is 0 Å². The quantitative estimate of drug-likeness (QED) is 0.603. The minimum Gasteiger partial charge on any atom is -0.495 e. The number of rotatable bonds is 4. The Morgan fingerprint density at radius 3 is 2.58 bits per heavy atom. The molecule has 1 aromatic carbocycles. The van der Waals surface area contributed by atoms with Crippen molar-refractivity contribution in [2.75, 3.05) is 7.11 Å². The summed E-state index contributed by atoms with van der Waals surface area (Å²) in [4.78, 5) is 17.1. The molecule has 5 heteroatoms. The number of hydrogen-bond donors (Lipinski definition) is 0. The van der Waals surface area contributed by atoms with Gasteiger partial charge >= 0.3 is 0 Å². The number of allylic oxidation sites excluding steroid dienone is 3. The van der Waals surface area contributed by atoms with Crippen molar-refractivity contribution in [3.05, 3.63) is 58.1 Å². The van der Waals surface area contributed by atoms with Crippen LogP contribution in [-0.2, 0) is 4.74 Å². The fourth-order valence-electron chi connectivity index (χ4n) is 2.45. The molecule has 0 fully saturated rings. The van der Waals surface area contributed by atoms with Crippen molar-refractivity contribution in [2.24, 2.45) is 0 Å². The Hall–Kier alpha value is -2.43. The molecule has 0 aliphatic heterocycles. The fourth-order valence-corrected chi connectivity index (χ4v) is 2.45. The molecule has 0 saturated heterocycles. The van der Waals surface area contributed by atoms with Gasteiger partial charge in [-0.2, -0.15) is 0 Å². The fraction of sp³-hybridized carbons (Fsp3) is 0.368. The molecule has 0 saturated carbocycles. The zero-order chi connectivity index (χ0) is 18.3. The van der Waals surface area contributed by atoms with E-state index in [0.717, 1.165) is 0 Å². The van der Waals surface area contributed by atoms with Gasteiger partial charge in [0.05, 0.1) is 18.3 Å². The zero-order valence-electron chi connectivity index (χ0n) is 15.2. The number of methoxy groups -OCH3 is 1. The third kappa shape index (κ3) is 3.72. The van der Waals surface area contributed by atoms with Crippen molar-refractivity contribution in [3.63, 3.8) is 0 Å². The number of hydrogen-bond acceptors (Lipinski definition) is 3. The molecular formula is C19H25FN2O2. The molecule has 130 valence electrons. The summed E-state index contributed by atoms with van der Waals surface area (Å²) < 4.78 is 20.8. The van der Waals surface area contributed by atoms with E-state index in [4.69, 9.17) is 4.74 Å². The van der Waals surface area contributed by atoms with E-state index in [1.54, 1.807) is 25.1 Å². The van der Waals surface area contributed by atoms with Gasteiger partial charge in [-0.25, -0.2) is 9.37 Å². The van der Waals surface area contributed by atoms with Crippen molar-refractivity contribution >= 4 is 16.6 Å². The van der Waals surface area contributed by atoms with Crippen molar-refractivity contribution in [1.82, 2.24) is 9.55 Å². The molecule has 0 amide bonds. The van der Waals surface area contributed by atoms with Gasteiger partial charge in [-0.05, 0) is 38.5 Å². The standard InChI is InChI=1S/C17H19FN2O2.C2H6/c1-5-8-14(15(6-2)22-4)20-11(3)19-13-10-7-9-12(18)16(13)17(20)21;1-2/h6-10H,5H2,1-4H3;1-2H3/b14-8+,15-6+;. The van der Waals surface area contributed by atoms with Gasteiger partial charge in [0.15, 0.2) is 0 Å². The molecule has 1 heterocycles. The lowest BCUT2D eigenvalue weighted by molar-refractivity contribution is 0.306. The van der Waals surface area contributed by atoms with Crippen LogP contribution in [0.5, 0.6) is 0 Å². The number of ether oxygens (including phenoxy) is 1. The molecule has 0 bridgehead atoms. The van der Waals surface area contributed by atoms with Crippen LogP contribution in [0.15, 0.2) is 40.9 Å². The van der Waals surface area contributed by atoms with Crippen LogP contribution in [0.2, 0.25) is 0 Å². The van der Waals surface area contributed by atoms with Gasteiger partial charge < -0.3 is 4.74 Å². The first-order valence-corrected chi connectivity index (χ1v) is 8.14. The van der Waals surface area contributed by atoms with Gasteiger partial charge in [-0.15, -0.1) is 0 Å². The largest absolute Gasteiger partial charge is 0.495 e. The molecule has 2 rings (SSSR count). The summed E-state index contributed by atoms with van der Waals surface area (Å²) in [5, 5.41) is -0.0124. The highest BCUT2D eigenvalue weighted by Gasteiger charge is 2.17. The molecule has 0 aliphatic carbocycles. The summed E-state index contributed by atoms with van der Waals surface area (Å²) in [6.07, 6.45) is 4.33. The van der Waals surface area contributed by atoms with Gasteiger partial charge in [-0.3, -0.25) is 9.36 Å². The maximum atomic E-state index is 14.1. The number of benzene rings is 1. The number of aromatic nitrogens is 2. The second-order valence-electron chi connectivity index (χ2n) is 4.79. The van der Waals surface area contributed by atoms with E-state index in [1.165, 1.54) is 17.7 Å². The van der Waals surface area contributed by atoms with Crippen LogP contribution in [0.25, 0.3) is 16.6 Å². The lowest BCUT2D eigenvalue weighted by Gasteiger charge is -2.16. The van der Waals surface area contributed by atoms with Crippen molar-refractivity contribution in [1.29, 1.82) is 0 Å². The van der Waals surface area contributed by atoms with Crippen molar-refractivity contribution < 1.29 is 9.13 Å². The number of fused-ring (bicyclic) bond motifs is 1. The molecule has 24 heavy (non-hydrogen) atoms. The molecule has 0 aliphatic rings. The van der Waals surface area contributed by atoms with Crippen LogP contribution < -0.4 is 5.56 Å². The lowest BCUT2D eigenvalue weighted by atomic mass is 10.2. The molecule has 0 spiro atoms. The molecule has 0 radical (unpaired) electrons. The number of nitrogens with zero attached hydrogens (tertiary/aromatic N) is 2. The van der Waals surface area contributed by atoms with Crippen LogP contribution in [0.1, 0.15) is 39.9 Å². The van der Waals surface area contributed by atoms with Crippen LogP contribution in [0.4, 0.5) is 4.39 Å². The molecule has 1 aromatic heterocycles. The van der Waals surface area contributed by atoms with Crippen LogP contribution >= 0.6 is 0 Å². The minimum atomic E-state index is -0.570. The smallest absolute Gasteiger partial charge is 0.269 e. The Morgan fingerprint density at radius 2 is 2.04 bits per heavy atom. The summed E-state index contributed by atoms with van der Waals surface area (Å²) in [7, 11) is 1.54. The van der Waals surface area contributed by atoms with Crippen LogP contribution in [0, 0.1) is 12.7 Å². The molecule has 2 aromatic rings. The van der Waals surface area contributed by atoms with E-state index in [2.05, 4.69) is 4.98 Å². The van der Waals surface area contributed by atoms with E-state index in [-0.39, 0.29) is 5.39 Å². The summed E-state index contributed by atoms with van der Waals surface area (Å²) >= 11 is 0. The Balaban J connectivity index is 0.00000139. The van der Waals surface area contributed by atoms with Gasteiger partial charge in [0, 0.05) is 0 Å². The predicted octanol–water partition coefficient (Wildman–Crippen LogP) is 4.67. The first kappa shape index (κ1) is 19.6. The summed E-state index contributed by atoms with van der Waals surface area (Å²) in [6, 6.07) is 4.44. The van der Waals surface area contributed by atoms with Crippen molar-refractivity contribution in [3.8, 4) is 0 Å². The lowest BCUT2D eigenvalue weighted by Crippen LogP contribution is -2.25. The second kappa shape index (κ2) is 9.01. The molecular weight excluding hydrogens is 307 g/mol. The van der Waals surface area contributed by atoms with Gasteiger partial charge in [-0.1, -0.05) is 32.9 Å². The highest BCUT2D eigenvalue weighted by atomic mass is 19.1. The summed E-state index contributed by atoms with van der Waals surface area (Å²) in [6.45, 7) is 9.49. The molecule has 0 N–H and O–H groups in total. The summed E-state index contributed by atoms with van der Waals surface area (Å²) in [5.41, 5.74) is 0.499. The zero-order valence-corrected chi connectivity index (χ0v) is 15.2. The van der Waals surface area contributed by atoms with E-state index in [0.29, 0.717) is 29.2 Å².